The van der Waals surface area contributed by atoms with Crippen molar-refractivity contribution >= 4 is 5.91 Å². The lowest BCUT2D eigenvalue weighted by Gasteiger charge is -2.38. The molecule has 0 radical (unpaired) electrons. The number of benzene rings is 3. The molecule has 0 saturated heterocycles. The van der Waals surface area contributed by atoms with E-state index in [-0.39, 0.29) is 11.9 Å². The van der Waals surface area contributed by atoms with Crippen LogP contribution in [0.1, 0.15) is 40.0 Å². The van der Waals surface area contributed by atoms with Crippen LogP contribution in [-0.2, 0) is 6.42 Å². The quantitative estimate of drug-likeness (QED) is 0.516. The van der Waals surface area contributed by atoms with Gasteiger partial charge in [-0.3, -0.25) is 4.79 Å². The normalized spacial score (nSPS) is 14.9. The number of carbonyl (C=O) groups excluding carboxylic acids is 1. The Kier molecular flexibility index (Phi) is 6.73. The van der Waals surface area contributed by atoms with Crippen molar-refractivity contribution in [2.75, 3.05) is 34.5 Å². The highest BCUT2D eigenvalue weighted by Crippen LogP contribution is 2.42. The van der Waals surface area contributed by atoms with E-state index in [0.29, 0.717) is 41.7 Å². The summed E-state index contributed by atoms with van der Waals surface area (Å²) < 4.78 is 22.2. The summed E-state index contributed by atoms with van der Waals surface area (Å²) in [5.41, 5.74) is 3.79. The lowest BCUT2D eigenvalue weighted by atomic mass is 9.87. The van der Waals surface area contributed by atoms with Crippen molar-refractivity contribution in [1.29, 1.82) is 0 Å². The molecule has 1 aliphatic heterocycles. The summed E-state index contributed by atoms with van der Waals surface area (Å²) in [4.78, 5) is 15.7. The minimum Gasteiger partial charge on any atom is -0.493 e. The minimum absolute atomic E-state index is 0.0621. The van der Waals surface area contributed by atoms with E-state index >= 15 is 0 Å². The second-order valence-corrected chi connectivity index (χ2v) is 7.77. The molecule has 6 nitrogen and oxygen atoms in total. The molecular formula is C27H29NO5. The van der Waals surface area contributed by atoms with Gasteiger partial charge in [-0.2, -0.15) is 0 Å². The zero-order valence-electron chi connectivity index (χ0n) is 19.5. The van der Waals surface area contributed by atoms with E-state index in [0.717, 1.165) is 23.1 Å². The van der Waals surface area contributed by atoms with Crippen LogP contribution < -0.4 is 18.9 Å². The van der Waals surface area contributed by atoms with Crippen LogP contribution in [0.2, 0.25) is 0 Å². The van der Waals surface area contributed by atoms with Gasteiger partial charge in [0.2, 0.25) is 0 Å². The summed E-state index contributed by atoms with van der Waals surface area (Å²) in [6.07, 6.45) is 0.721. The molecule has 0 fully saturated rings. The zero-order valence-corrected chi connectivity index (χ0v) is 19.5. The molecule has 6 heteroatoms. The second kappa shape index (κ2) is 9.86. The maximum atomic E-state index is 13.8. The van der Waals surface area contributed by atoms with Crippen molar-refractivity contribution in [3.05, 3.63) is 82.9 Å². The predicted molar refractivity (Wildman–Crippen MR) is 127 cm³/mol. The van der Waals surface area contributed by atoms with Gasteiger partial charge in [-0.1, -0.05) is 30.3 Å². The van der Waals surface area contributed by atoms with Gasteiger partial charge < -0.3 is 23.8 Å². The number of hydrogen-bond acceptors (Lipinski definition) is 5. The molecule has 1 unspecified atom stereocenters. The number of fused-ring (bicyclic) bond motifs is 1. The number of methoxy groups -OCH3 is 3. The van der Waals surface area contributed by atoms with Crippen LogP contribution in [0.4, 0.5) is 0 Å². The number of carbonyl (C=O) groups is 1. The molecule has 0 spiro atoms. The van der Waals surface area contributed by atoms with E-state index < -0.39 is 0 Å². The first kappa shape index (κ1) is 22.5. The standard InChI is InChI=1S/C27H29NO5/c1-5-33-25-16-20(11-12-22(25)30-2)27(29)28-14-13-19-15-23(31-3)24(32-4)17-21(19)26(28)18-9-7-6-8-10-18/h6-12,15-17,26H,5,13-14H2,1-4H3. The summed E-state index contributed by atoms with van der Waals surface area (Å²) >= 11 is 0. The van der Waals surface area contributed by atoms with E-state index in [9.17, 15) is 4.79 Å². The van der Waals surface area contributed by atoms with Crippen LogP contribution in [0.5, 0.6) is 23.0 Å². The van der Waals surface area contributed by atoms with Crippen LogP contribution in [0.25, 0.3) is 0 Å². The number of rotatable bonds is 7. The largest absolute Gasteiger partial charge is 0.493 e. The molecular weight excluding hydrogens is 418 g/mol. The van der Waals surface area contributed by atoms with Crippen LogP contribution in [-0.4, -0.2) is 45.3 Å². The summed E-state index contributed by atoms with van der Waals surface area (Å²) in [7, 11) is 4.85. The highest BCUT2D eigenvalue weighted by atomic mass is 16.5. The molecule has 3 aromatic rings. The highest BCUT2D eigenvalue weighted by molar-refractivity contribution is 5.95. The van der Waals surface area contributed by atoms with Gasteiger partial charge in [0, 0.05) is 12.1 Å². The number of amides is 1. The maximum absolute atomic E-state index is 13.8. The Morgan fingerprint density at radius 3 is 2.24 bits per heavy atom. The molecule has 1 atom stereocenters. The fourth-order valence-corrected chi connectivity index (χ4v) is 4.40. The Hall–Kier alpha value is -3.67. The van der Waals surface area contributed by atoms with Crippen molar-refractivity contribution < 1.29 is 23.7 Å². The third kappa shape index (κ3) is 4.33. The molecule has 4 rings (SSSR count). The maximum Gasteiger partial charge on any atom is 0.254 e. The molecule has 1 amide bonds. The first-order chi connectivity index (χ1) is 16.1. The first-order valence-corrected chi connectivity index (χ1v) is 11.0. The van der Waals surface area contributed by atoms with Crippen LogP contribution >= 0.6 is 0 Å². The average molecular weight is 448 g/mol. The molecule has 0 N–H and O–H groups in total. The Morgan fingerprint density at radius 2 is 1.58 bits per heavy atom. The fraction of sp³-hybridized carbons (Fsp3) is 0.296. The molecule has 3 aromatic carbocycles. The zero-order chi connectivity index (χ0) is 23.4. The van der Waals surface area contributed by atoms with Gasteiger partial charge in [-0.25, -0.2) is 0 Å². The number of nitrogens with zero attached hydrogens (tertiary/aromatic N) is 1. The molecule has 0 bridgehead atoms. The van der Waals surface area contributed by atoms with E-state index in [1.54, 1.807) is 39.5 Å². The SMILES string of the molecule is CCOc1cc(C(=O)N2CCc3cc(OC)c(OC)cc3C2c2ccccc2)ccc1OC. The van der Waals surface area contributed by atoms with Crippen molar-refractivity contribution in [1.82, 2.24) is 4.90 Å². The Balaban J connectivity index is 1.80. The first-order valence-electron chi connectivity index (χ1n) is 11.0. The summed E-state index contributed by atoms with van der Waals surface area (Å²) in [6, 6.07) is 19.2. The minimum atomic E-state index is -0.250. The van der Waals surface area contributed by atoms with Gasteiger partial charge in [-0.15, -0.1) is 0 Å². The average Bonchev–Trinajstić information content (AvgIpc) is 2.87. The highest BCUT2D eigenvalue weighted by Gasteiger charge is 2.34. The topological polar surface area (TPSA) is 57.2 Å². The third-order valence-electron chi connectivity index (χ3n) is 5.96. The lowest BCUT2D eigenvalue weighted by Crippen LogP contribution is -2.40. The van der Waals surface area contributed by atoms with Crippen molar-refractivity contribution in [3.8, 4) is 23.0 Å². The van der Waals surface area contributed by atoms with Crippen molar-refractivity contribution in [2.24, 2.45) is 0 Å². The van der Waals surface area contributed by atoms with Gasteiger partial charge in [0.05, 0.1) is 34.0 Å². The monoisotopic (exact) mass is 447 g/mol. The summed E-state index contributed by atoms with van der Waals surface area (Å²) in [5, 5.41) is 0. The summed E-state index contributed by atoms with van der Waals surface area (Å²) in [6.45, 7) is 2.97. The van der Waals surface area contributed by atoms with Crippen LogP contribution in [0, 0.1) is 0 Å². The van der Waals surface area contributed by atoms with Gasteiger partial charge in [0.1, 0.15) is 0 Å². The summed E-state index contributed by atoms with van der Waals surface area (Å²) in [5.74, 6) is 2.45. The second-order valence-electron chi connectivity index (χ2n) is 7.77. The molecule has 172 valence electrons. The van der Waals surface area contributed by atoms with Gasteiger partial charge in [0.15, 0.2) is 23.0 Å². The predicted octanol–water partition coefficient (Wildman–Crippen LogP) is 4.90. The Bertz CT molecular complexity index is 1130. The Labute approximate surface area is 194 Å². The smallest absolute Gasteiger partial charge is 0.254 e. The van der Waals surface area contributed by atoms with Crippen molar-refractivity contribution in [3.63, 3.8) is 0 Å². The van der Waals surface area contributed by atoms with E-state index in [1.165, 1.54) is 0 Å². The van der Waals surface area contributed by atoms with Crippen LogP contribution in [0.3, 0.4) is 0 Å². The van der Waals surface area contributed by atoms with E-state index in [1.807, 2.05) is 42.2 Å². The molecule has 1 heterocycles. The van der Waals surface area contributed by atoms with Gasteiger partial charge in [0.25, 0.3) is 5.91 Å². The third-order valence-corrected chi connectivity index (χ3v) is 5.96. The van der Waals surface area contributed by atoms with Gasteiger partial charge >= 0.3 is 0 Å². The van der Waals surface area contributed by atoms with Crippen molar-refractivity contribution in [2.45, 2.75) is 19.4 Å². The molecule has 0 saturated carbocycles. The van der Waals surface area contributed by atoms with E-state index in [2.05, 4.69) is 12.1 Å². The molecule has 0 aliphatic carbocycles. The van der Waals surface area contributed by atoms with Gasteiger partial charge in [-0.05, 0) is 60.4 Å². The van der Waals surface area contributed by atoms with Crippen LogP contribution in [0.15, 0.2) is 60.7 Å². The Morgan fingerprint density at radius 1 is 0.879 bits per heavy atom. The molecule has 33 heavy (non-hydrogen) atoms. The molecule has 1 aliphatic rings. The lowest BCUT2D eigenvalue weighted by molar-refractivity contribution is 0.0693. The fourth-order valence-electron chi connectivity index (χ4n) is 4.40. The van der Waals surface area contributed by atoms with E-state index in [4.69, 9.17) is 18.9 Å². The molecule has 0 aromatic heterocycles. The number of hydrogen-bond donors (Lipinski definition) is 0. The number of ether oxygens (including phenoxy) is 4.